The third-order valence-electron chi connectivity index (χ3n) is 4.52. The zero-order chi connectivity index (χ0) is 21.7. The number of pyridine rings is 1. The van der Waals surface area contributed by atoms with Gasteiger partial charge in [0.2, 0.25) is 5.91 Å². The molecule has 8 nitrogen and oxygen atoms in total. The Kier molecular flexibility index (Phi) is 6.36. The van der Waals surface area contributed by atoms with Crippen LogP contribution in [-0.2, 0) is 20.7 Å². The second-order valence-electron chi connectivity index (χ2n) is 6.72. The van der Waals surface area contributed by atoms with E-state index in [2.05, 4.69) is 15.6 Å². The Bertz CT molecular complexity index is 1070. The predicted octanol–water partition coefficient (Wildman–Crippen LogP) is 2.91. The van der Waals surface area contributed by atoms with Gasteiger partial charge in [-0.25, -0.2) is 9.78 Å². The Balaban J connectivity index is 1.73. The number of aromatic nitrogens is 1. The molecule has 0 saturated heterocycles. The SMILES string of the molecule is COC(=O)[C@@H](Cc1ccc(Nc2ccc3cc(OC)c(O)cc3n2)cc1)NC(C)=O. The minimum atomic E-state index is -0.738. The molecule has 1 atom stereocenters. The highest BCUT2D eigenvalue weighted by Gasteiger charge is 2.20. The van der Waals surface area contributed by atoms with Gasteiger partial charge >= 0.3 is 5.97 Å². The fraction of sp³-hybridized carbons (Fsp3) is 0.227. The van der Waals surface area contributed by atoms with E-state index in [-0.39, 0.29) is 11.7 Å². The Morgan fingerprint density at radius 3 is 2.47 bits per heavy atom. The molecule has 2 aromatic carbocycles. The van der Waals surface area contributed by atoms with Crippen molar-refractivity contribution in [2.24, 2.45) is 0 Å². The number of nitrogens with one attached hydrogen (secondary N) is 2. The first kappa shape index (κ1) is 20.9. The van der Waals surface area contributed by atoms with Crippen molar-refractivity contribution in [2.75, 3.05) is 19.5 Å². The molecule has 3 N–H and O–H groups in total. The van der Waals surface area contributed by atoms with Gasteiger partial charge in [-0.15, -0.1) is 0 Å². The average molecular weight is 409 g/mol. The van der Waals surface area contributed by atoms with Crippen molar-refractivity contribution >= 4 is 34.3 Å². The molecule has 0 aliphatic rings. The highest BCUT2D eigenvalue weighted by molar-refractivity contribution is 5.85. The summed E-state index contributed by atoms with van der Waals surface area (Å²) < 4.78 is 9.86. The number of amides is 1. The van der Waals surface area contributed by atoms with E-state index in [4.69, 9.17) is 9.47 Å². The summed E-state index contributed by atoms with van der Waals surface area (Å²) in [4.78, 5) is 27.7. The summed E-state index contributed by atoms with van der Waals surface area (Å²) >= 11 is 0. The Hall–Kier alpha value is -3.81. The number of aromatic hydroxyl groups is 1. The first-order valence-electron chi connectivity index (χ1n) is 9.28. The van der Waals surface area contributed by atoms with Gasteiger partial charge in [0.15, 0.2) is 11.5 Å². The fourth-order valence-electron chi connectivity index (χ4n) is 3.06. The van der Waals surface area contributed by atoms with Gasteiger partial charge in [-0.1, -0.05) is 12.1 Å². The minimum Gasteiger partial charge on any atom is -0.504 e. The zero-order valence-corrected chi connectivity index (χ0v) is 16.9. The number of anilines is 2. The zero-order valence-electron chi connectivity index (χ0n) is 16.9. The smallest absolute Gasteiger partial charge is 0.328 e. The van der Waals surface area contributed by atoms with Crippen molar-refractivity contribution < 1.29 is 24.2 Å². The Morgan fingerprint density at radius 2 is 1.83 bits per heavy atom. The number of esters is 1. The van der Waals surface area contributed by atoms with Crippen LogP contribution in [0.25, 0.3) is 10.9 Å². The van der Waals surface area contributed by atoms with Gasteiger partial charge in [0, 0.05) is 30.5 Å². The van der Waals surface area contributed by atoms with Gasteiger partial charge in [-0.05, 0) is 35.9 Å². The van der Waals surface area contributed by atoms with Crippen LogP contribution >= 0.6 is 0 Å². The van der Waals surface area contributed by atoms with Crippen LogP contribution in [0, 0.1) is 0 Å². The van der Waals surface area contributed by atoms with Crippen LogP contribution in [0.3, 0.4) is 0 Å². The van der Waals surface area contributed by atoms with Gasteiger partial charge in [0.25, 0.3) is 0 Å². The lowest BCUT2D eigenvalue weighted by atomic mass is 10.1. The second-order valence-corrected chi connectivity index (χ2v) is 6.72. The summed E-state index contributed by atoms with van der Waals surface area (Å²) in [5, 5.41) is 16.6. The van der Waals surface area contributed by atoms with E-state index in [1.54, 1.807) is 12.1 Å². The molecule has 3 aromatic rings. The van der Waals surface area contributed by atoms with E-state index in [1.165, 1.54) is 21.1 Å². The number of hydrogen-bond donors (Lipinski definition) is 3. The highest BCUT2D eigenvalue weighted by atomic mass is 16.5. The van der Waals surface area contributed by atoms with Gasteiger partial charge in [0.05, 0.1) is 19.7 Å². The normalized spacial score (nSPS) is 11.6. The van der Waals surface area contributed by atoms with E-state index >= 15 is 0 Å². The van der Waals surface area contributed by atoms with Crippen LogP contribution in [0.1, 0.15) is 12.5 Å². The molecule has 0 aliphatic carbocycles. The molecule has 0 unspecified atom stereocenters. The van der Waals surface area contributed by atoms with Crippen molar-refractivity contribution in [3.63, 3.8) is 0 Å². The number of rotatable bonds is 7. The van der Waals surface area contributed by atoms with Crippen LogP contribution in [0.4, 0.5) is 11.5 Å². The van der Waals surface area contributed by atoms with Gasteiger partial charge in [-0.3, -0.25) is 4.79 Å². The molecule has 0 spiro atoms. The largest absolute Gasteiger partial charge is 0.504 e. The molecule has 8 heteroatoms. The van der Waals surface area contributed by atoms with E-state index < -0.39 is 12.0 Å². The predicted molar refractivity (Wildman–Crippen MR) is 113 cm³/mol. The molecular formula is C22H23N3O5. The molecule has 156 valence electrons. The van der Waals surface area contributed by atoms with Crippen LogP contribution in [0.15, 0.2) is 48.5 Å². The summed E-state index contributed by atoms with van der Waals surface area (Å²) in [6, 6.07) is 13.7. The molecule has 3 rings (SSSR count). The molecule has 0 fully saturated rings. The summed E-state index contributed by atoms with van der Waals surface area (Å²) in [5.41, 5.74) is 2.30. The number of phenols is 1. The molecule has 0 aliphatic heterocycles. The first-order chi connectivity index (χ1) is 14.4. The highest BCUT2D eigenvalue weighted by Crippen LogP contribution is 2.31. The van der Waals surface area contributed by atoms with Crippen LogP contribution < -0.4 is 15.4 Å². The standard InChI is InChI=1S/C22H23N3O5/c1-13(26)23-18(22(28)30-3)10-14-4-7-16(8-5-14)24-21-9-6-15-11-20(29-2)19(27)12-17(15)25-21/h4-9,11-12,18,27H,10H2,1-3H3,(H,23,26)(H,24,25)/t18-/m1/s1. The maximum absolute atomic E-state index is 11.8. The van der Waals surface area contributed by atoms with Crippen LogP contribution in [-0.4, -0.2) is 42.2 Å². The molecule has 1 heterocycles. The van der Waals surface area contributed by atoms with E-state index in [1.807, 2.05) is 36.4 Å². The summed E-state index contributed by atoms with van der Waals surface area (Å²) in [6.07, 6.45) is 0.321. The Morgan fingerprint density at radius 1 is 1.10 bits per heavy atom. The number of carbonyl (C=O) groups is 2. The lowest BCUT2D eigenvalue weighted by molar-refractivity contribution is -0.144. The fourth-order valence-corrected chi connectivity index (χ4v) is 3.06. The number of phenolic OH excluding ortho intramolecular Hbond substituents is 1. The molecule has 30 heavy (non-hydrogen) atoms. The number of methoxy groups -OCH3 is 2. The molecule has 1 aromatic heterocycles. The van der Waals surface area contributed by atoms with Gasteiger partial charge in [0.1, 0.15) is 11.9 Å². The lowest BCUT2D eigenvalue weighted by Gasteiger charge is -2.16. The van der Waals surface area contributed by atoms with E-state index in [9.17, 15) is 14.7 Å². The van der Waals surface area contributed by atoms with Gasteiger partial charge < -0.3 is 25.2 Å². The van der Waals surface area contributed by atoms with E-state index in [0.717, 1.165) is 16.6 Å². The summed E-state index contributed by atoms with van der Waals surface area (Å²) in [6.45, 7) is 1.36. The number of carbonyl (C=O) groups excluding carboxylic acids is 2. The number of benzene rings is 2. The molecular weight excluding hydrogens is 386 g/mol. The third kappa shape index (κ3) is 4.96. The number of fused-ring (bicyclic) bond motifs is 1. The third-order valence-corrected chi connectivity index (χ3v) is 4.52. The summed E-state index contributed by atoms with van der Waals surface area (Å²) in [7, 11) is 2.79. The van der Waals surface area contributed by atoms with Crippen molar-refractivity contribution in [3.05, 3.63) is 54.1 Å². The molecule has 0 bridgehead atoms. The second kappa shape index (κ2) is 9.13. The first-order valence-corrected chi connectivity index (χ1v) is 9.28. The van der Waals surface area contributed by atoms with Crippen LogP contribution in [0.2, 0.25) is 0 Å². The number of ether oxygens (including phenoxy) is 2. The van der Waals surface area contributed by atoms with Crippen molar-refractivity contribution in [1.82, 2.24) is 10.3 Å². The Labute approximate surface area is 173 Å². The average Bonchev–Trinajstić information content (AvgIpc) is 2.73. The molecule has 0 saturated carbocycles. The maximum Gasteiger partial charge on any atom is 0.328 e. The van der Waals surface area contributed by atoms with E-state index in [0.29, 0.717) is 23.5 Å². The lowest BCUT2D eigenvalue weighted by Crippen LogP contribution is -2.41. The van der Waals surface area contributed by atoms with Gasteiger partial charge in [-0.2, -0.15) is 0 Å². The maximum atomic E-state index is 11.8. The summed E-state index contributed by atoms with van der Waals surface area (Å²) in [5.74, 6) is 0.247. The molecule has 0 radical (unpaired) electrons. The number of nitrogens with zero attached hydrogens (tertiary/aromatic N) is 1. The monoisotopic (exact) mass is 409 g/mol. The molecule has 1 amide bonds. The van der Waals surface area contributed by atoms with Crippen molar-refractivity contribution in [2.45, 2.75) is 19.4 Å². The topological polar surface area (TPSA) is 110 Å². The minimum absolute atomic E-state index is 0.0262. The van der Waals surface area contributed by atoms with Crippen molar-refractivity contribution in [1.29, 1.82) is 0 Å². The van der Waals surface area contributed by atoms with Crippen LogP contribution in [0.5, 0.6) is 11.5 Å². The quantitative estimate of drug-likeness (QED) is 0.515. The van der Waals surface area contributed by atoms with Crippen molar-refractivity contribution in [3.8, 4) is 11.5 Å². The number of hydrogen-bond acceptors (Lipinski definition) is 7.